The van der Waals surface area contributed by atoms with E-state index < -0.39 is 0 Å². The van der Waals surface area contributed by atoms with Crippen molar-refractivity contribution in [2.24, 2.45) is 5.92 Å². The maximum Gasteiger partial charge on any atom is 0.225 e. The fourth-order valence-corrected chi connectivity index (χ4v) is 4.99. The Hall–Kier alpha value is -1.75. The number of aromatic nitrogens is 2. The number of nitrogens with zero attached hydrogens (tertiary/aromatic N) is 2. The van der Waals surface area contributed by atoms with Gasteiger partial charge >= 0.3 is 0 Å². The molecule has 5 heteroatoms. The summed E-state index contributed by atoms with van der Waals surface area (Å²) in [5.41, 5.74) is 4.53. The molecule has 0 atom stereocenters. The van der Waals surface area contributed by atoms with Crippen LogP contribution in [0.15, 0.2) is 24.3 Å². The summed E-state index contributed by atoms with van der Waals surface area (Å²) in [5.74, 6) is 3.43. The zero-order valence-corrected chi connectivity index (χ0v) is 15.6. The van der Waals surface area contributed by atoms with Crippen molar-refractivity contribution in [1.82, 2.24) is 9.78 Å². The van der Waals surface area contributed by atoms with E-state index >= 15 is 0 Å². The van der Waals surface area contributed by atoms with Gasteiger partial charge < -0.3 is 5.32 Å². The highest BCUT2D eigenvalue weighted by Crippen LogP contribution is 2.37. The van der Waals surface area contributed by atoms with E-state index in [1.807, 2.05) is 28.6 Å². The second kappa shape index (κ2) is 7.24. The summed E-state index contributed by atoms with van der Waals surface area (Å²) in [6, 6.07) is 8.22. The van der Waals surface area contributed by atoms with Crippen molar-refractivity contribution >= 4 is 23.5 Å². The molecule has 0 saturated heterocycles. The van der Waals surface area contributed by atoms with Gasteiger partial charge in [-0.25, -0.2) is 4.68 Å². The normalized spacial score (nSPS) is 17.5. The van der Waals surface area contributed by atoms with Gasteiger partial charge in [-0.1, -0.05) is 37.5 Å². The van der Waals surface area contributed by atoms with E-state index in [1.54, 1.807) is 0 Å². The highest BCUT2D eigenvalue weighted by Gasteiger charge is 2.26. The molecule has 1 saturated carbocycles. The molecule has 2 aromatic rings. The molecule has 1 N–H and O–H groups in total. The number of rotatable bonds is 4. The molecule has 132 valence electrons. The molecule has 1 fully saturated rings. The Morgan fingerprint density at radius 2 is 2.04 bits per heavy atom. The number of fused-ring (bicyclic) bond motifs is 1. The van der Waals surface area contributed by atoms with Crippen LogP contribution >= 0.6 is 11.8 Å². The zero-order valence-electron chi connectivity index (χ0n) is 14.8. The summed E-state index contributed by atoms with van der Waals surface area (Å²) in [7, 11) is 0. The van der Waals surface area contributed by atoms with Crippen LogP contribution in [0.1, 0.15) is 55.3 Å². The summed E-state index contributed by atoms with van der Waals surface area (Å²) in [6.07, 6.45) is 6.89. The maximum absolute atomic E-state index is 12.7. The molecule has 4 rings (SSSR count). The van der Waals surface area contributed by atoms with E-state index in [0.717, 1.165) is 28.7 Å². The highest BCUT2D eigenvalue weighted by atomic mass is 32.2. The first kappa shape index (κ1) is 16.7. The predicted molar refractivity (Wildman–Crippen MR) is 103 cm³/mol. The van der Waals surface area contributed by atoms with Gasteiger partial charge in [0.25, 0.3) is 0 Å². The second-order valence-corrected chi connectivity index (χ2v) is 8.21. The van der Waals surface area contributed by atoms with E-state index in [2.05, 4.69) is 24.4 Å². The molecule has 0 radical (unpaired) electrons. The molecule has 0 spiro atoms. The van der Waals surface area contributed by atoms with Crippen LogP contribution < -0.4 is 5.32 Å². The number of hydrogen-bond donors (Lipinski definition) is 1. The number of hydrogen-bond acceptors (Lipinski definition) is 3. The van der Waals surface area contributed by atoms with E-state index in [-0.39, 0.29) is 5.91 Å². The monoisotopic (exact) mass is 355 g/mol. The minimum atomic E-state index is 0.140. The van der Waals surface area contributed by atoms with Gasteiger partial charge in [0, 0.05) is 23.5 Å². The smallest absolute Gasteiger partial charge is 0.225 e. The molecule has 1 aliphatic carbocycles. The topological polar surface area (TPSA) is 46.9 Å². The number of amides is 1. The molecule has 25 heavy (non-hydrogen) atoms. The molecule has 0 bridgehead atoms. The lowest BCUT2D eigenvalue weighted by Gasteiger charge is -2.21. The minimum absolute atomic E-state index is 0.140. The van der Waals surface area contributed by atoms with Gasteiger partial charge in [0.05, 0.1) is 11.4 Å². The Morgan fingerprint density at radius 3 is 2.84 bits per heavy atom. The number of aryl methyl sites for hydroxylation is 1. The molecule has 2 heterocycles. The number of benzene rings is 1. The first-order valence-corrected chi connectivity index (χ1v) is 10.4. The molecular weight excluding hydrogens is 330 g/mol. The molecule has 1 aromatic carbocycles. The third-order valence-corrected chi connectivity index (χ3v) is 6.32. The number of carbonyl (C=O) groups excluding carboxylic acids is 1. The second-order valence-electron chi connectivity index (χ2n) is 7.22. The lowest BCUT2D eigenvalue weighted by Crippen LogP contribution is -2.20. The van der Waals surface area contributed by atoms with E-state index in [9.17, 15) is 4.79 Å². The van der Waals surface area contributed by atoms with Gasteiger partial charge in [0.2, 0.25) is 5.91 Å². The van der Waals surface area contributed by atoms with Crippen molar-refractivity contribution < 1.29 is 4.79 Å². The van der Waals surface area contributed by atoms with E-state index in [1.165, 1.54) is 43.2 Å². The van der Waals surface area contributed by atoms with Crippen molar-refractivity contribution in [2.45, 2.75) is 57.0 Å². The number of anilines is 1. The fourth-order valence-electron chi connectivity index (χ4n) is 3.95. The first-order valence-electron chi connectivity index (χ1n) is 9.27. The van der Waals surface area contributed by atoms with Crippen LogP contribution in [0, 0.1) is 12.8 Å². The van der Waals surface area contributed by atoms with Crippen molar-refractivity contribution in [1.29, 1.82) is 0 Å². The first-order chi connectivity index (χ1) is 12.2. The van der Waals surface area contributed by atoms with Gasteiger partial charge in [-0.15, -0.1) is 0 Å². The van der Waals surface area contributed by atoms with Crippen molar-refractivity contribution in [3.8, 4) is 5.69 Å². The Labute approximate surface area is 153 Å². The summed E-state index contributed by atoms with van der Waals surface area (Å²) < 4.78 is 1.94. The van der Waals surface area contributed by atoms with Gasteiger partial charge in [-0.05, 0) is 37.3 Å². The van der Waals surface area contributed by atoms with Gasteiger partial charge in [-0.3, -0.25) is 4.79 Å². The van der Waals surface area contributed by atoms with Crippen LogP contribution in [0.3, 0.4) is 0 Å². The molecular formula is C20H25N3OS. The van der Waals surface area contributed by atoms with Crippen LogP contribution in [0.5, 0.6) is 0 Å². The van der Waals surface area contributed by atoms with E-state index in [0.29, 0.717) is 12.3 Å². The van der Waals surface area contributed by atoms with Crippen LogP contribution in [0.25, 0.3) is 5.69 Å². The standard InChI is InChI=1S/C20H25N3OS/c1-14-7-5-6-10-18(14)23-20(16-12-25-13-17(16)22-23)21-19(24)11-15-8-3-2-4-9-15/h5-7,10,15H,2-4,8-9,11-13H2,1H3,(H,21,24). The van der Waals surface area contributed by atoms with E-state index in [4.69, 9.17) is 5.10 Å². The molecule has 0 unspecified atom stereocenters. The van der Waals surface area contributed by atoms with Crippen LogP contribution in [-0.4, -0.2) is 15.7 Å². The number of nitrogens with one attached hydrogen (secondary N) is 1. The van der Waals surface area contributed by atoms with Crippen molar-refractivity contribution in [3.63, 3.8) is 0 Å². The molecule has 4 nitrogen and oxygen atoms in total. The third kappa shape index (κ3) is 3.47. The fraction of sp³-hybridized carbons (Fsp3) is 0.500. The average Bonchev–Trinajstić information content (AvgIpc) is 3.19. The molecule has 1 amide bonds. The Bertz CT molecular complexity index is 777. The van der Waals surface area contributed by atoms with Crippen molar-refractivity contribution in [3.05, 3.63) is 41.1 Å². The third-order valence-electron chi connectivity index (χ3n) is 5.35. The zero-order chi connectivity index (χ0) is 17.2. The van der Waals surface area contributed by atoms with Crippen LogP contribution in [0.4, 0.5) is 5.82 Å². The Morgan fingerprint density at radius 1 is 1.24 bits per heavy atom. The highest BCUT2D eigenvalue weighted by molar-refractivity contribution is 7.98. The molecule has 1 aromatic heterocycles. The average molecular weight is 356 g/mol. The van der Waals surface area contributed by atoms with Gasteiger partial charge in [0.1, 0.15) is 5.82 Å². The lowest BCUT2D eigenvalue weighted by atomic mass is 9.87. The van der Waals surface area contributed by atoms with Gasteiger partial charge in [-0.2, -0.15) is 16.9 Å². The molecule has 2 aliphatic rings. The van der Waals surface area contributed by atoms with Crippen molar-refractivity contribution in [2.75, 3.05) is 5.32 Å². The number of carbonyl (C=O) groups is 1. The summed E-state index contributed by atoms with van der Waals surface area (Å²) >= 11 is 1.87. The summed E-state index contributed by atoms with van der Waals surface area (Å²) in [5, 5.41) is 8.01. The van der Waals surface area contributed by atoms with Crippen LogP contribution in [-0.2, 0) is 16.3 Å². The number of thioether (sulfide) groups is 1. The largest absolute Gasteiger partial charge is 0.310 e. The van der Waals surface area contributed by atoms with Crippen LogP contribution in [0.2, 0.25) is 0 Å². The SMILES string of the molecule is Cc1ccccc1-n1nc2c(c1NC(=O)CC1CCCCC1)CSC2. The van der Waals surface area contributed by atoms with Gasteiger partial charge in [0.15, 0.2) is 0 Å². The lowest BCUT2D eigenvalue weighted by molar-refractivity contribution is -0.117. The quantitative estimate of drug-likeness (QED) is 0.854. The maximum atomic E-state index is 12.7. The predicted octanol–water partition coefficient (Wildman–Crippen LogP) is 4.84. The number of para-hydroxylation sites is 1. The minimum Gasteiger partial charge on any atom is -0.310 e. The Balaban J connectivity index is 1.60. The molecule has 1 aliphatic heterocycles. The summed E-state index contributed by atoms with van der Waals surface area (Å²) in [4.78, 5) is 12.7. The Kier molecular flexibility index (Phi) is 4.84. The summed E-state index contributed by atoms with van der Waals surface area (Å²) in [6.45, 7) is 2.09.